The Morgan fingerprint density at radius 1 is 1.24 bits per heavy atom. The number of hydrogen-bond acceptors (Lipinski definition) is 3. The molecule has 0 spiro atoms. The maximum Gasteiger partial charge on any atom is 0.0640 e. The third-order valence-electron chi connectivity index (χ3n) is 6.32. The van der Waals surface area contributed by atoms with Gasteiger partial charge < -0.3 is 0 Å². The molecule has 0 aromatic carbocycles. The predicted octanol–water partition coefficient (Wildman–Crippen LogP) is 2.81. The number of hydrazine groups is 1. The molecule has 0 radical (unpaired) electrons. The summed E-state index contributed by atoms with van der Waals surface area (Å²) in [5.41, 5.74) is 4.32. The minimum atomic E-state index is 0.409. The Balaban J connectivity index is 1.41. The van der Waals surface area contributed by atoms with Crippen LogP contribution in [0.15, 0.2) is 12.3 Å². The van der Waals surface area contributed by atoms with Gasteiger partial charge in [-0.15, -0.1) is 0 Å². The van der Waals surface area contributed by atoms with Crippen LogP contribution in [0.2, 0.25) is 0 Å². The summed E-state index contributed by atoms with van der Waals surface area (Å²) in [6, 6.07) is 3.26. The SMILES string of the molecule is NNC(Cc1ccn(C2CCCC2)n1)C1CC2CCC1C2. The average molecular weight is 288 g/mol. The first-order chi connectivity index (χ1) is 10.3. The Morgan fingerprint density at radius 3 is 2.76 bits per heavy atom. The maximum atomic E-state index is 5.88. The lowest BCUT2D eigenvalue weighted by Gasteiger charge is -2.29. The second-order valence-corrected chi connectivity index (χ2v) is 7.54. The lowest BCUT2D eigenvalue weighted by Crippen LogP contribution is -2.44. The lowest BCUT2D eigenvalue weighted by molar-refractivity contribution is 0.246. The molecule has 0 saturated heterocycles. The van der Waals surface area contributed by atoms with Gasteiger partial charge in [0, 0.05) is 18.7 Å². The zero-order valence-electron chi connectivity index (χ0n) is 12.9. The third-order valence-corrected chi connectivity index (χ3v) is 6.32. The summed E-state index contributed by atoms with van der Waals surface area (Å²) in [6.45, 7) is 0. The van der Waals surface area contributed by atoms with Crippen LogP contribution < -0.4 is 11.3 Å². The van der Waals surface area contributed by atoms with E-state index in [4.69, 9.17) is 10.9 Å². The van der Waals surface area contributed by atoms with Crippen LogP contribution >= 0.6 is 0 Å². The summed E-state index contributed by atoms with van der Waals surface area (Å²) in [5.74, 6) is 8.53. The van der Waals surface area contributed by atoms with E-state index in [1.807, 2.05) is 0 Å². The van der Waals surface area contributed by atoms with E-state index in [0.29, 0.717) is 12.1 Å². The van der Waals surface area contributed by atoms with Crippen molar-refractivity contribution in [1.82, 2.24) is 15.2 Å². The van der Waals surface area contributed by atoms with Gasteiger partial charge in [-0.1, -0.05) is 19.3 Å². The number of nitrogens with one attached hydrogen (secondary N) is 1. The zero-order valence-corrected chi connectivity index (χ0v) is 12.9. The standard InChI is InChI=1S/C17H28N4/c18-19-17(16-10-12-5-6-13(16)9-12)11-14-7-8-21(20-14)15-3-1-2-4-15/h7-8,12-13,15-17,19H,1-6,9-11,18H2. The van der Waals surface area contributed by atoms with Gasteiger partial charge in [0.1, 0.15) is 0 Å². The molecule has 1 aromatic heterocycles. The highest BCUT2D eigenvalue weighted by Gasteiger charge is 2.42. The molecule has 116 valence electrons. The zero-order chi connectivity index (χ0) is 14.2. The summed E-state index contributed by atoms with van der Waals surface area (Å²) in [6.07, 6.45) is 14.2. The first-order valence-corrected chi connectivity index (χ1v) is 8.83. The van der Waals surface area contributed by atoms with E-state index < -0.39 is 0 Å². The Morgan fingerprint density at radius 2 is 2.10 bits per heavy atom. The fourth-order valence-corrected chi connectivity index (χ4v) is 5.20. The van der Waals surface area contributed by atoms with E-state index in [0.717, 1.165) is 24.2 Å². The minimum absolute atomic E-state index is 0.409. The number of hydrogen-bond donors (Lipinski definition) is 2. The molecule has 1 aromatic rings. The van der Waals surface area contributed by atoms with Crippen molar-refractivity contribution >= 4 is 0 Å². The number of nitrogens with zero attached hydrogens (tertiary/aromatic N) is 2. The summed E-state index contributed by atoms with van der Waals surface area (Å²) in [4.78, 5) is 0. The molecule has 3 aliphatic rings. The largest absolute Gasteiger partial charge is 0.271 e. The van der Waals surface area contributed by atoms with Crippen LogP contribution in [0.5, 0.6) is 0 Å². The summed E-state index contributed by atoms with van der Waals surface area (Å²) >= 11 is 0. The molecule has 0 aliphatic heterocycles. The molecule has 0 amide bonds. The molecule has 4 unspecified atom stereocenters. The Hall–Kier alpha value is -0.870. The van der Waals surface area contributed by atoms with Crippen LogP contribution in [-0.2, 0) is 6.42 Å². The molecule has 4 heteroatoms. The highest BCUT2D eigenvalue weighted by atomic mass is 15.3. The number of nitrogens with two attached hydrogens (primary N) is 1. The molecule has 3 N–H and O–H groups in total. The van der Waals surface area contributed by atoms with Gasteiger partial charge in [0.25, 0.3) is 0 Å². The van der Waals surface area contributed by atoms with Crippen molar-refractivity contribution in [3.63, 3.8) is 0 Å². The normalized spacial score (nSPS) is 33.9. The van der Waals surface area contributed by atoms with Crippen molar-refractivity contribution in [3.8, 4) is 0 Å². The van der Waals surface area contributed by atoms with E-state index in [-0.39, 0.29) is 0 Å². The lowest BCUT2D eigenvalue weighted by atomic mass is 9.82. The fraction of sp³-hybridized carbons (Fsp3) is 0.824. The summed E-state index contributed by atoms with van der Waals surface area (Å²) < 4.78 is 2.21. The monoisotopic (exact) mass is 288 g/mol. The van der Waals surface area contributed by atoms with E-state index in [9.17, 15) is 0 Å². The first kappa shape index (κ1) is 13.8. The van der Waals surface area contributed by atoms with E-state index in [2.05, 4.69) is 22.4 Å². The van der Waals surface area contributed by atoms with Gasteiger partial charge >= 0.3 is 0 Å². The molecular weight excluding hydrogens is 260 g/mol. The second-order valence-electron chi connectivity index (χ2n) is 7.54. The van der Waals surface area contributed by atoms with E-state index in [1.165, 1.54) is 57.1 Å². The number of aromatic nitrogens is 2. The first-order valence-electron chi connectivity index (χ1n) is 8.83. The van der Waals surface area contributed by atoms with Crippen molar-refractivity contribution in [2.45, 2.75) is 69.9 Å². The highest BCUT2D eigenvalue weighted by Crippen LogP contribution is 2.49. The predicted molar refractivity (Wildman–Crippen MR) is 83.5 cm³/mol. The average Bonchev–Trinajstić information content (AvgIpc) is 3.28. The molecule has 4 atom stereocenters. The fourth-order valence-electron chi connectivity index (χ4n) is 5.20. The van der Waals surface area contributed by atoms with Gasteiger partial charge in [0.15, 0.2) is 0 Å². The Labute approximate surface area is 127 Å². The van der Waals surface area contributed by atoms with Gasteiger partial charge in [-0.05, 0) is 55.9 Å². The van der Waals surface area contributed by atoms with Crippen molar-refractivity contribution in [2.24, 2.45) is 23.6 Å². The van der Waals surface area contributed by atoms with Gasteiger partial charge in [-0.25, -0.2) is 0 Å². The molecule has 2 bridgehead atoms. The quantitative estimate of drug-likeness (QED) is 0.647. The Kier molecular flexibility index (Phi) is 3.76. The van der Waals surface area contributed by atoms with Crippen LogP contribution in [0.1, 0.15) is 63.1 Å². The molecule has 4 nitrogen and oxygen atoms in total. The van der Waals surface area contributed by atoms with Crippen LogP contribution in [0.3, 0.4) is 0 Å². The topological polar surface area (TPSA) is 55.9 Å². The van der Waals surface area contributed by atoms with Gasteiger partial charge in [-0.3, -0.25) is 16.0 Å². The third kappa shape index (κ3) is 2.64. The molecule has 3 saturated carbocycles. The summed E-state index contributed by atoms with van der Waals surface area (Å²) in [5, 5.41) is 4.83. The molecule has 1 heterocycles. The van der Waals surface area contributed by atoms with Crippen LogP contribution in [0, 0.1) is 17.8 Å². The van der Waals surface area contributed by atoms with Crippen molar-refractivity contribution in [1.29, 1.82) is 0 Å². The smallest absolute Gasteiger partial charge is 0.0640 e. The van der Waals surface area contributed by atoms with Crippen molar-refractivity contribution in [3.05, 3.63) is 18.0 Å². The molecular formula is C17H28N4. The number of rotatable bonds is 5. The van der Waals surface area contributed by atoms with Crippen molar-refractivity contribution < 1.29 is 0 Å². The van der Waals surface area contributed by atoms with Crippen molar-refractivity contribution in [2.75, 3.05) is 0 Å². The molecule has 21 heavy (non-hydrogen) atoms. The molecule has 3 fully saturated rings. The maximum absolute atomic E-state index is 5.88. The van der Waals surface area contributed by atoms with Crippen LogP contribution in [-0.4, -0.2) is 15.8 Å². The van der Waals surface area contributed by atoms with Crippen LogP contribution in [0.4, 0.5) is 0 Å². The van der Waals surface area contributed by atoms with E-state index in [1.54, 1.807) is 0 Å². The summed E-state index contributed by atoms with van der Waals surface area (Å²) in [7, 11) is 0. The van der Waals surface area contributed by atoms with Gasteiger partial charge in [0.05, 0.1) is 11.7 Å². The molecule has 4 rings (SSSR count). The van der Waals surface area contributed by atoms with Gasteiger partial charge in [-0.2, -0.15) is 5.10 Å². The number of fused-ring (bicyclic) bond motifs is 2. The highest BCUT2D eigenvalue weighted by molar-refractivity contribution is 5.05. The second kappa shape index (κ2) is 5.73. The Bertz CT molecular complexity index is 477. The molecule has 3 aliphatic carbocycles. The van der Waals surface area contributed by atoms with E-state index >= 15 is 0 Å². The minimum Gasteiger partial charge on any atom is -0.271 e. The van der Waals surface area contributed by atoms with Crippen LogP contribution in [0.25, 0.3) is 0 Å². The van der Waals surface area contributed by atoms with Gasteiger partial charge in [0.2, 0.25) is 0 Å².